The number of aromatic amines is 1. The number of likely N-dealkylation sites (tertiary alicyclic amines) is 1. The Bertz CT molecular complexity index is 2880. The number of benzene rings is 2. The van der Waals surface area contributed by atoms with Crippen LogP contribution in [0.3, 0.4) is 0 Å². The highest BCUT2D eigenvalue weighted by Gasteiger charge is 2.44. The van der Waals surface area contributed by atoms with Crippen LogP contribution >= 0.6 is 11.3 Å². The Kier molecular flexibility index (Phi) is 12.8. The van der Waals surface area contributed by atoms with E-state index in [9.17, 15) is 19.8 Å². The lowest BCUT2D eigenvalue weighted by Crippen LogP contribution is -2.48. The lowest BCUT2D eigenvalue weighted by molar-refractivity contribution is -0.141. The van der Waals surface area contributed by atoms with E-state index in [1.54, 1.807) is 23.5 Å². The number of aliphatic hydroxyl groups excluding tert-OH is 1. The second-order valence-corrected chi connectivity index (χ2v) is 20.1. The Hall–Kier alpha value is -6.52. The van der Waals surface area contributed by atoms with Gasteiger partial charge in [-0.1, -0.05) is 55.4 Å². The van der Waals surface area contributed by atoms with E-state index in [2.05, 4.69) is 35.5 Å². The summed E-state index contributed by atoms with van der Waals surface area (Å²) in [6, 6.07) is 18.2. The molecule has 352 valence electrons. The predicted octanol–water partition coefficient (Wildman–Crippen LogP) is 8.94. The van der Waals surface area contributed by atoms with Crippen molar-refractivity contribution in [3.63, 3.8) is 0 Å². The minimum atomic E-state index is -0.805. The number of amides is 2. The second kappa shape index (κ2) is 19.2. The summed E-state index contributed by atoms with van der Waals surface area (Å²) in [6.45, 7) is 9.64. The Balaban J connectivity index is 0.726. The smallest absolute Gasteiger partial charge is 0.243 e. The number of β-amino-alcohol motifs (C(OH)–C–C–N with tert-alkyl or cyclic N) is 1. The second-order valence-electron chi connectivity index (χ2n) is 19.3. The molecule has 4 atom stereocenters. The number of phenols is 1. The highest BCUT2D eigenvalue weighted by molar-refractivity contribution is 7.13. The van der Waals surface area contributed by atoms with Crippen molar-refractivity contribution in [2.45, 2.75) is 114 Å². The number of H-pyrrole nitrogens is 1. The van der Waals surface area contributed by atoms with Gasteiger partial charge < -0.3 is 34.8 Å². The first-order valence-electron chi connectivity index (χ1n) is 23.9. The molecule has 0 spiro atoms. The van der Waals surface area contributed by atoms with Crippen LogP contribution in [0.15, 0.2) is 89.3 Å². The average Bonchev–Trinajstić information content (AvgIpc) is 4.19. The fraction of sp³-hybridized carbons (Fsp3) is 0.423. The van der Waals surface area contributed by atoms with Crippen LogP contribution in [0.4, 0.5) is 5.95 Å². The number of phenolic OH excluding ortho intramolecular Hbond substituents is 1. The number of nitrogens with zero attached hydrogens (tertiary/aromatic N) is 8. The number of hydrogen-bond acceptors (Lipinski definition) is 13. The zero-order valence-corrected chi connectivity index (χ0v) is 39.7. The molecule has 5 aromatic heterocycles. The summed E-state index contributed by atoms with van der Waals surface area (Å²) in [5.74, 6) is 1.02. The molecule has 4 N–H and O–H groups in total. The minimum absolute atomic E-state index is 0.0815. The third kappa shape index (κ3) is 9.10. The molecule has 0 bridgehead atoms. The first kappa shape index (κ1) is 45.3. The Morgan fingerprint density at radius 3 is 2.34 bits per heavy atom. The summed E-state index contributed by atoms with van der Waals surface area (Å²) >= 11 is 1.60. The van der Waals surface area contributed by atoms with Gasteiger partial charge in [0.25, 0.3) is 0 Å². The number of aromatic hydroxyl groups is 1. The van der Waals surface area contributed by atoms with E-state index in [-0.39, 0.29) is 48.4 Å². The molecule has 2 aromatic carbocycles. The Morgan fingerprint density at radius 2 is 1.63 bits per heavy atom. The molecule has 7 aromatic rings. The molecule has 0 radical (unpaired) electrons. The van der Waals surface area contributed by atoms with E-state index >= 15 is 0 Å². The number of anilines is 1. The molecule has 3 aliphatic rings. The first-order valence-corrected chi connectivity index (χ1v) is 24.8. The summed E-state index contributed by atoms with van der Waals surface area (Å²) in [5.41, 5.74) is 10.1. The molecule has 15 nitrogen and oxygen atoms in total. The zero-order valence-electron chi connectivity index (χ0n) is 38.9. The summed E-state index contributed by atoms with van der Waals surface area (Å²) in [4.78, 5) is 50.5. The molecule has 2 aliphatic heterocycles. The number of fused-ring (bicyclic) bond motifs is 1. The number of hydrogen-bond donors (Lipinski definition) is 4. The highest BCUT2D eigenvalue weighted by Crippen LogP contribution is 2.42. The molecular formula is C52H58N10O5S. The van der Waals surface area contributed by atoms with Crippen molar-refractivity contribution >= 4 is 40.1 Å². The number of aryl methyl sites for hydroxylation is 1. The van der Waals surface area contributed by atoms with Crippen LogP contribution in [-0.2, 0) is 9.59 Å². The minimum Gasteiger partial charge on any atom is -0.507 e. The van der Waals surface area contributed by atoms with E-state index in [0.717, 1.165) is 102 Å². The third-order valence-corrected chi connectivity index (χ3v) is 15.5. The van der Waals surface area contributed by atoms with Crippen molar-refractivity contribution in [2.24, 2.45) is 5.92 Å². The number of thiazole rings is 1. The maximum atomic E-state index is 14.4. The van der Waals surface area contributed by atoms with Crippen LogP contribution in [0.25, 0.3) is 32.7 Å². The van der Waals surface area contributed by atoms with Crippen molar-refractivity contribution in [3.05, 3.63) is 119 Å². The van der Waals surface area contributed by atoms with Gasteiger partial charge in [-0.2, -0.15) is 0 Å². The topological polar surface area (TPSA) is 199 Å². The van der Waals surface area contributed by atoms with Gasteiger partial charge in [0.05, 0.1) is 39.6 Å². The van der Waals surface area contributed by atoms with E-state index < -0.39 is 18.1 Å². The summed E-state index contributed by atoms with van der Waals surface area (Å²) in [5, 5.41) is 38.6. The van der Waals surface area contributed by atoms with Crippen LogP contribution in [-0.4, -0.2) is 94.0 Å². The fourth-order valence-electron chi connectivity index (χ4n) is 10.7. The predicted molar refractivity (Wildman–Crippen MR) is 260 cm³/mol. The third-order valence-electron chi connectivity index (χ3n) is 14.6. The van der Waals surface area contributed by atoms with E-state index in [0.29, 0.717) is 28.9 Å². The number of carbonyl (C=O) groups is 2. The lowest BCUT2D eigenvalue weighted by atomic mass is 9.78. The molecule has 10 rings (SSSR count). The monoisotopic (exact) mass is 934 g/mol. The molecule has 0 unspecified atom stereocenters. The van der Waals surface area contributed by atoms with Gasteiger partial charge >= 0.3 is 0 Å². The fourth-order valence-corrected chi connectivity index (χ4v) is 11.5. The largest absolute Gasteiger partial charge is 0.507 e. The Morgan fingerprint density at radius 1 is 0.897 bits per heavy atom. The van der Waals surface area contributed by atoms with Gasteiger partial charge in [0.15, 0.2) is 5.65 Å². The van der Waals surface area contributed by atoms with Gasteiger partial charge in [0, 0.05) is 67.6 Å². The number of aliphatic hydroxyl groups is 1. The molecule has 3 fully saturated rings. The van der Waals surface area contributed by atoms with Crippen molar-refractivity contribution < 1.29 is 24.3 Å². The maximum Gasteiger partial charge on any atom is 0.243 e. The van der Waals surface area contributed by atoms with Crippen molar-refractivity contribution in [1.82, 2.24) is 45.5 Å². The van der Waals surface area contributed by atoms with E-state index in [1.807, 2.05) is 100 Å². The standard InChI is InChI=1S/C52H58N10O5S/c1-29(2)47(51(66)62-27-38(63)21-44(62)50(65)57-30(3)32-9-15-36(16-10-32)48-31(4)56-28-68-48)46-23-42(60-67-46)35-13-11-33(12-14-35)37-24-54-52(55-25-37)61-19-17-34(18-20-61)41-26-53-49-40(41)22-43(58-59-49)39-7-5-6-8-45(39)64/h5-10,15-16,22-26,28-30,33-35,38,44,47,63-64H,11-14,17-21,27H2,1-4H3,(H,53,59)(H,57,65)/t30-,33?,35?,38+,44-,47-/m0/s1. The molecule has 1 saturated carbocycles. The molecule has 68 heavy (non-hydrogen) atoms. The number of para-hydroxylation sites is 1. The lowest BCUT2D eigenvalue weighted by Gasteiger charge is -2.32. The SMILES string of the molecule is Cc1ncsc1-c1ccc([C@H](C)NC(=O)[C@@H]2C[C@@H](O)CN2C(=O)[C@H](c2cc(C3CCC(c4cnc(N5CCC(c6c[nH]c7nnc(-c8ccccc8O)cc67)CC5)nc4)CC3)no2)C(C)C)cc1. The van der Waals surface area contributed by atoms with Gasteiger partial charge in [-0.3, -0.25) is 9.59 Å². The highest BCUT2D eigenvalue weighted by atomic mass is 32.1. The van der Waals surface area contributed by atoms with Crippen LogP contribution in [0.5, 0.6) is 5.75 Å². The molecular weight excluding hydrogens is 877 g/mol. The van der Waals surface area contributed by atoms with Gasteiger partial charge in [0.2, 0.25) is 17.8 Å². The van der Waals surface area contributed by atoms with Gasteiger partial charge in [-0.05, 0) is 111 Å². The summed E-state index contributed by atoms with van der Waals surface area (Å²) in [7, 11) is 0. The number of carbonyl (C=O) groups excluding carboxylic acids is 2. The first-order chi connectivity index (χ1) is 33.0. The summed E-state index contributed by atoms with van der Waals surface area (Å²) < 4.78 is 5.96. The van der Waals surface area contributed by atoms with Gasteiger partial charge in [-0.25, -0.2) is 15.0 Å². The maximum absolute atomic E-state index is 14.4. The van der Waals surface area contributed by atoms with Crippen LogP contribution in [0, 0.1) is 12.8 Å². The Labute approximate surface area is 399 Å². The van der Waals surface area contributed by atoms with Gasteiger partial charge in [-0.15, -0.1) is 21.5 Å². The molecule has 2 amide bonds. The quantitative estimate of drug-likeness (QED) is 0.0909. The normalized spacial score (nSPS) is 21.1. The number of rotatable bonds is 12. The average molecular weight is 935 g/mol. The summed E-state index contributed by atoms with van der Waals surface area (Å²) in [6.07, 6.45) is 11.1. The van der Waals surface area contributed by atoms with Gasteiger partial charge in [0.1, 0.15) is 23.5 Å². The van der Waals surface area contributed by atoms with Crippen molar-refractivity contribution in [1.29, 1.82) is 0 Å². The van der Waals surface area contributed by atoms with Crippen LogP contribution in [0.2, 0.25) is 0 Å². The van der Waals surface area contributed by atoms with Crippen molar-refractivity contribution in [3.8, 4) is 27.4 Å². The van der Waals surface area contributed by atoms with E-state index in [4.69, 9.17) is 14.5 Å². The molecule has 7 heterocycles. The van der Waals surface area contributed by atoms with Crippen LogP contribution in [0.1, 0.15) is 129 Å². The van der Waals surface area contributed by atoms with Crippen LogP contribution < -0.4 is 10.2 Å². The van der Waals surface area contributed by atoms with Crippen molar-refractivity contribution in [2.75, 3.05) is 24.5 Å². The molecule has 2 saturated heterocycles. The molecule has 1 aliphatic carbocycles. The van der Waals surface area contributed by atoms with E-state index in [1.165, 1.54) is 10.5 Å². The zero-order chi connectivity index (χ0) is 47.1. The number of nitrogens with one attached hydrogen (secondary N) is 2. The number of piperidine rings is 1. The number of aromatic nitrogens is 7. The molecule has 16 heteroatoms.